The predicted molar refractivity (Wildman–Crippen MR) is 95.1 cm³/mol. The maximum Gasteiger partial charge on any atom is 0.0900 e. The number of hydrogen-bond acceptors (Lipinski definition) is 4. The van der Waals surface area contributed by atoms with Crippen molar-refractivity contribution in [2.24, 2.45) is 0 Å². The van der Waals surface area contributed by atoms with Gasteiger partial charge >= 0.3 is 0 Å². The van der Waals surface area contributed by atoms with Gasteiger partial charge in [-0.05, 0) is 44.7 Å². The predicted octanol–water partition coefficient (Wildman–Crippen LogP) is 3.08. The molecule has 134 valence electrons. The third-order valence-corrected chi connectivity index (χ3v) is 5.21. The number of aliphatic hydroxyl groups excluding tert-OH is 1. The fourth-order valence-corrected chi connectivity index (χ4v) is 3.79. The summed E-state index contributed by atoms with van der Waals surface area (Å²) in [5, 5.41) is 10.4. The molecule has 2 unspecified atom stereocenters. The smallest absolute Gasteiger partial charge is 0.0900 e. The third kappa shape index (κ3) is 5.03. The number of aliphatic hydroxyl groups is 1. The van der Waals surface area contributed by atoms with E-state index in [2.05, 4.69) is 36.1 Å². The van der Waals surface area contributed by atoms with Gasteiger partial charge in [0.25, 0.3) is 0 Å². The first kappa shape index (κ1) is 17.9. The summed E-state index contributed by atoms with van der Waals surface area (Å²) in [7, 11) is 0. The second kappa shape index (κ2) is 8.95. The summed E-state index contributed by atoms with van der Waals surface area (Å²) in [6, 6.07) is 9.28. The van der Waals surface area contributed by atoms with Crippen molar-refractivity contribution >= 4 is 0 Å². The topological polar surface area (TPSA) is 41.9 Å². The zero-order valence-electron chi connectivity index (χ0n) is 14.8. The van der Waals surface area contributed by atoms with Crippen molar-refractivity contribution in [1.82, 2.24) is 4.90 Å². The lowest BCUT2D eigenvalue weighted by Crippen LogP contribution is -2.41. The molecule has 0 amide bonds. The van der Waals surface area contributed by atoms with Gasteiger partial charge in [0.1, 0.15) is 0 Å². The molecule has 2 aliphatic rings. The van der Waals surface area contributed by atoms with E-state index in [1.807, 2.05) is 0 Å². The maximum absolute atomic E-state index is 10.4. The Morgan fingerprint density at radius 2 is 1.92 bits per heavy atom. The number of likely N-dealkylation sites (tertiary alicyclic amines) is 1. The first-order chi connectivity index (χ1) is 11.7. The van der Waals surface area contributed by atoms with E-state index in [9.17, 15) is 5.11 Å². The fraction of sp³-hybridized carbons (Fsp3) is 0.700. The molecule has 4 heteroatoms. The molecule has 2 aliphatic heterocycles. The molecule has 0 aliphatic carbocycles. The quantitative estimate of drug-likeness (QED) is 0.869. The first-order valence-corrected chi connectivity index (χ1v) is 9.40. The Morgan fingerprint density at radius 1 is 1.17 bits per heavy atom. The van der Waals surface area contributed by atoms with Gasteiger partial charge in [-0.2, -0.15) is 0 Å². The summed E-state index contributed by atoms with van der Waals surface area (Å²) in [6.45, 7) is 5.88. The summed E-state index contributed by atoms with van der Waals surface area (Å²) in [4.78, 5) is 2.44. The minimum atomic E-state index is -0.418. The van der Waals surface area contributed by atoms with Gasteiger partial charge in [-0.25, -0.2) is 0 Å². The highest BCUT2D eigenvalue weighted by Gasteiger charge is 2.26. The number of nitrogens with zero attached hydrogens (tertiary/aromatic N) is 1. The SMILES string of the molecule is Cc1ccc(C2CCCCN2CC(O)COC2CCOCC2)cc1. The van der Waals surface area contributed by atoms with Gasteiger partial charge in [-0.15, -0.1) is 0 Å². The highest BCUT2D eigenvalue weighted by atomic mass is 16.5. The normalized spacial score (nSPS) is 24.8. The summed E-state index contributed by atoms with van der Waals surface area (Å²) in [5.41, 5.74) is 2.67. The van der Waals surface area contributed by atoms with Gasteiger partial charge in [0, 0.05) is 25.8 Å². The average Bonchev–Trinajstić information content (AvgIpc) is 2.62. The van der Waals surface area contributed by atoms with E-state index < -0.39 is 6.10 Å². The minimum absolute atomic E-state index is 0.252. The van der Waals surface area contributed by atoms with Crippen LogP contribution < -0.4 is 0 Å². The number of β-amino-alcohol motifs (C(OH)–C–C–N with tert-alkyl or cyclic N) is 1. The van der Waals surface area contributed by atoms with Crippen LogP contribution in [0.3, 0.4) is 0 Å². The number of benzene rings is 1. The van der Waals surface area contributed by atoms with E-state index in [0.29, 0.717) is 19.2 Å². The molecule has 0 spiro atoms. The van der Waals surface area contributed by atoms with Gasteiger partial charge in [-0.3, -0.25) is 4.90 Å². The highest BCUT2D eigenvalue weighted by Crippen LogP contribution is 2.31. The lowest BCUT2D eigenvalue weighted by Gasteiger charge is -2.37. The van der Waals surface area contributed by atoms with Crippen LogP contribution in [0, 0.1) is 6.92 Å². The standard InChI is InChI=1S/C20H31NO3/c1-16-5-7-17(8-6-16)20-4-2-3-11-21(20)14-18(22)15-24-19-9-12-23-13-10-19/h5-8,18-20,22H,2-4,9-15H2,1H3. The molecule has 2 atom stereocenters. The molecule has 0 aromatic heterocycles. The highest BCUT2D eigenvalue weighted by molar-refractivity contribution is 5.24. The molecule has 0 bridgehead atoms. The van der Waals surface area contributed by atoms with Crippen molar-refractivity contribution in [1.29, 1.82) is 0 Å². The van der Waals surface area contributed by atoms with Crippen molar-refractivity contribution in [2.45, 2.75) is 57.3 Å². The molecule has 2 saturated heterocycles. The zero-order chi connectivity index (χ0) is 16.8. The Kier molecular flexibility index (Phi) is 6.67. The summed E-state index contributed by atoms with van der Waals surface area (Å²) < 4.78 is 11.2. The maximum atomic E-state index is 10.4. The van der Waals surface area contributed by atoms with Crippen LogP contribution in [0.5, 0.6) is 0 Å². The van der Waals surface area contributed by atoms with Gasteiger partial charge in [0.2, 0.25) is 0 Å². The second-order valence-electron chi connectivity index (χ2n) is 7.22. The Morgan fingerprint density at radius 3 is 2.67 bits per heavy atom. The van der Waals surface area contributed by atoms with Crippen molar-refractivity contribution in [3.05, 3.63) is 35.4 Å². The largest absolute Gasteiger partial charge is 0.389 e. The van der Waals surface area contributed by atoms with E-state index >= 15 is 0 Å². The molecule has 24 heavy (non-hydrogen) atoms. The molecule has 1 aromatic carbocycles. The summed E-state index contributed by atoms with van der Waals surface area (Å²) in [5.74, 6) is 0. The van der Waals surface area contributed by atoms with E-state index in [1.54, 1.807) is 0 Å². The van der Waals surface area contributed by atoms with Gasteiger partial charge < -0.3 is 14.6 Å². The van der Waals surface area contributed by atoms with Crippen LogP contribution in [-0.4, -0.2) is 55.1 Å². The van der Waals surface area contributed by atoms with Crippen LogP contribution in [0.2, 0.25) is 0 Å². The number of aryl methyl sites for hydroxylation is 1. The number of piperidine rings is 1. The molecular weight excluding hydrogens is 302 g/mol. The molecule has 1 aromatic rings. The van der Waals surface area contributed by atoms with E-state index in [4.69, 9.17) is 9.47 Å². The van der Waals surface area contributed by atoms with Gasteiger partial charge in [0.05, 0.1) is 18.8 Å². The van der Waals surface area contributed by atoms with Gasteiger partial charge in [-0.1, -0.05) is 36.2 Å². The summed E-state index contributed by atoms with van der Waals surface area (Å²) in [6.07, 6.45) is 5.39. The monoisotopic (exact) mass is 333 g/mol. The van der Waals surface area contributed by atoms with Crippen molar-refractivity contribution < 1.29 is 14.6 Å². The van der Waals surface area contributed by atoms with Crippen LogP contribution in [0.1, 0.15) is 49.3 Å². The summed E-state index contributed by atoms with van der Waals surface area (Å²) >= 11 is 0. The Bertz CT molecular complexity index is 484. The second-order valence-corrected chi connectivity index (χ2v) is 7.22. The van der Waals surface area contributed by atoms with Crippen LogP contribution >= 0.6 is 0 Å². The van der Waals surface area contributed by atoms with Crippen molar-refractivity contribution in [2.75, 3.05) is 32.9 Å². The Hall–Kier alpha value is -0.940. The van der Waals surface area contributed by atoms with Crippen molar-refractivity contribution in [3.63, 3.8) is 0 Å². The lowest BCUT2D eigenvalue weighted by molar-refractivity contribution is -0.0675. The number of hydrogen-bond donors (Lipinski definition) is 1. The average molecular weight is 333 g/mol. The lowest BCUT2D eigenvalue weighted by atomic mass is 9.94. The fourth-order valence-electron chi connectivity index (χ4n) is 3.79. The molecule has 0 saturated carbocycles. The van der Waals surface area contributed by atoms with Crippen LogP contribution in [0.25, 0.3) is 0 Å². The molecule has 0 radical (unpaired) electrons. The van der Waals surface area contributed by atoms with Crippen LogP contribution in [0.4, 0.5) is 0 Å². The molecular formula is C20H31NO3. The third-order valence-electron chi connectivity index (χ3n) is 5.21. The zero-order valence-corrected chi connectivity index (χ0v) is 14.8. The first-order valence-electron chi connectivity index (χ1n) is 9.40. The molecule has 2 fully saturated rings. The van der Waals surface area contributed by atoms with Crippen LogP contribution in [-0.2, 0) is 9.47 Å². The molecule has 2 heterocycles. The Labute approximate surface area is 145 Å². The van der Waals surface area contributed by atoms with E-state index in [0.717, 1.165) is 32.6 Å². The minimum Gasteiger partial charge on any atom is -0.389 e. The molecule has 3 rings (SSSR count). The van der Waals surface area contributed by atoms with E-state index in [1.165, 1.54) is 30.4 Å². The van der Waals surface area contributed by atoms with Crippen molar-refractivity contribution in [3.8, 4) is 0 Å². The van der Waals surface area contributed by atoms with Gasteiger partial charge in [0.15, 0.2) is 0 Å². The molecule has 1 N–H and O–H groups in total. The number of rotatable bonds is 6. The molecule has 4 nitrogen and oxygen atoms in total. The van der Waals surface area contributed by atoms with E-state index in [-0.39, 0.29) is 6.10 Å². The van der Waals surface area contributed by atoms with Crippen LogP contribution in [0.15, 0.2) is 24.3 Å². The number of ether oxygens (including phenoxy) is 2. The Balaban J connectivity index is 1.52.